The zero-order chi connectivity index (χ0) is 13.0. The fourth-order valence-corrected chi connectivity index (χ4v) is 2.86. The van der Waals surface area contributed by atoms with E-state index in [1.54, 1.807) is 0 Å². The van der Waals surface area contributed by atoms with Gasteiger partial charge in [-0.05, 0) is 46.1 Å². The van der Waals surface area contributed by atoms with Gasteiger partial charge in [-0.15, -0.1) is 0 Å². The Hall–Kier alpha value is -0.120. The highest BCUT2D eigenvalue weighted by Gasteiger charge is 2.38. The summed E-state index contributed by atoms with van der Waals surface area (Å²) in [6.07, 6.45) is 5.21. The lowest BCUT2D eigenvalue weighted by Crippen LogP contribution is -2.47. The van der Waals surface area contributed by atoms with E-state index >= 15 is 0 Å². The van der Waals surface area contributed by atoms with E-state index in [2.05, 4.69) is 31.0 Å². The van der Waals surface area contributed by atoms with Crippen LogP contribution in [0.15, 0.2) is 0 Å². The molecule has 0 radical (unpaired) electrons. The lowest BCUT2D eigenvalue weighted by atomic mass is 9.86. The van der Waals surface area contributed by atoms with Crippen LogP contribution in [-0.4, -0.2) is 49.8 Å². The van der Waals surface area contributed by atoms with Crippen molar-refractivity contribution < 1.29 is 4.74 Å². The zero-order valence-corrected chi connectivity index (χ0v) is 12.4. The van der Waals surface area contributed by atoms with E-state index in [-0.39, 0.29) is 0 Å². The van der Waals surface area contributed by atoms with Gasteiger partial charge in [-0.25, -0.2) is 0 Å². The minimum absolute atomic E-state index is 0.363. The summed E-state index contributed by atoms with van der Waals surface area (Å²) in [7, 11) is 0. The molecule has 0 amide bonds. The molecule has 0 aromatic heterocycles. The molecule has 0 aromatic carbocycles. The molecule has 18 heavy (non-hydrogen) atoms. The van der Waals surface area contributed by atoms with E-state index in [9.17, 15) is 0 Å². The molecule has 1 aliphatic carbocycles. The van der Waals surface area contributed by atoms with Crippen molar-refractivity contribution in [3.63, 3.8) is 0 Å². The third kappa shape index (κ3) is 3.94. The van der Waals surface area contributed by atoms with Crippen molar-refractivity contribution in [2.24, 2.45) is 5.41 Å². The largest absolute Gasteiger partial charge is 0.381 e. The molecule has 1 aliphatic heterocycles. The van der Waals surface area contributed by atoms with Crippen molar-refractivity contribution in [2.45, 2.75) is 58.5 Å². The van der Waals surface area contributed by atoms with Crippen LogP contribution in [0.25, 0.3) is 0 Å². The Morgan fingerprint density at radius 3 is 2.67 bits per heavy atom. The molecule has 2 fully saturated rings. The normalized spacial score (nSPS) is 28.5. The van der Waals surface area contributed by atoms with Gasteiger partial charge >= 0.3 is 0 Å². The van der Waals surface area contributed by atoms with E-state index in [4.69, 9.17) is 4.74 Å². The predicted molar refractivity (Wildman–Crippen MR) is 75.9 cm³/mol. The first-order chi connectivity index (χ1) is 8.65. The molecule has 3 nitrogen and oxygen atoms in total. The van der Waals surface area contributed by atoms with Crippen LogP contribution in [0, 0.1) is 5.41 Å². The average Bonchev–Trinajstić information content (AvgIpc) is 3.06. The lowest BCUT2D eigenvalue weighted by Gasteiger charge is -2.36. The van der Waals surface area contributed by atoms with Gasteiger partial charge in [0.25, 0.3) is 0 Å². The van der Waals surface area contributed by atoms with Crippen LogP contribution in [0.5, 0.6) is 0 Å². The molecule has 1 heterocycles. The first-order valence-corrected chi connectivity index (χ1v) is 7.70. The maximum Gasteiger partial charge on any atom is 0.0547 e. The van der Waals surface area contributed by atoms with Crippen molar-refractivity contribution in [3.05, 3.63) is 0 Å². The Kier molecular flexibility index (Phi) is 5.05. The first-order valence-electron chi connectivity index (χ1n) is 7.70. The van der Waals surface area contributed by atoms with Crippen molar-refractivity contribution in [1.29, 1.82) is 0 Å². The Morgan fingerprint density at radius 1 is 1.39 bits per heavy atom. The molecule has 106 valence electrons. The Morgan fingerprint density at radius 2 is 2.17 bits per heavy atom. The van der Waals surface area contributed by atoms with Crippen molar-refractivity contribution in [1.82, 2.24) is 10.2 Å². The fourth-order valence-electron chi connectivity index (χ4n) is 2.86. The van der Waals surface area contributed by atoms with Gasteiger partial charge in [0.15, 0.2) is 0 Å². The first kappa shape index (κ1) is 14.3. The summed E-state index contributed by atoms with van der Waals surface area (Å²) in [5, 5.41) is 3.72. The summed E-state index contributed by atoms with van der Waals surface area (Å²) in [6.45, 7) is 12.3. The highest BCUT2D eigenvalue weighted by molar-refractivity contribution is 4.92. The van der Waals surface area contributed by atoms with Crippen LogP contribution in [-0.2, 0) is 4.74 Å². The molecule has 1 saturated heterocycles. The number of ether oxygens (including phenoxy) is 1. The van der Waals surface area contributed by atoms with Crippen molar-refractivity contribution in [2.75, 3.05) is 32.8 Å². The quantitative estimate of drug-likeness (QED) is 0.719. The van der Waals surface area contributed by atoms with Gasteiger partial charge in [0.1, 0.15) is 0 Å². The van der Waals surface area contributed by atoms with E-state index in [1.807, 2.05) is 0 Å². The summed E-state index contributed by atoms with van der Waals surface area (Å²) < 4.78 is 5.71. The van der Waals surface area contributed by atoms with Gasteiger partial charge in [-0.3, -0.25) is 0 Å². The summed E-state index contributed by atoms with van der Waals surface area (Å²) in [5.41, 5.74) is 0.363. The second kappa shape index (κ2) is 6.36. The summed E-state index contributed by atoms with van der Waals surface area (Å²) >= 11 is 0. The maximum absolute atomic E-state index is 5.71. The van der Waals surface area contributed by atoms with Crippen LogP contribution < -0.4 is 5.32 Å². The molecular weight excluding hydrogens is 224 g/mol. The number of hydrogen-bond donors (Lipinski definition) is 1. The SMILES string of the molecule is CCCN(CC1(CNC2CC2)CCOC1)C(C)C. The van der Waals surface area contributed by atoms with E-state index < -0.39 is 0 Å². The lowest BCUT2D eigenvalue weighted by molar-refractivity contribution is 0.0925. The third-order valence-electron chi connectivity index (χ3n) is 4.31. The number of hydrogen-bond acceptors (Lipinski definition) is 3. The smallest absolute Gasteiger partial charge is 0.0547 e. The van der Waals surface area contributed by atoms with Gasteiger partial charge in [0.2, 0.25) is 0 Å². The molecule has 0 bridgehead atoms. The van der Waals surface area contributed by atoms with Crippen molar-refractivity contribution >= 4 is 0 Å². The molecule has 2 aliphatic rings. The molecule has 1 unspecified atom stereocenters. The van der Waals surface area contributed by atoms with Crippen LogP contribution in [0.3, 0.4) is 0 Å². The van der Waals surface area contributed by atoms with Crippen LogP contribution in [0.4, 0.5) is 0 Å². The number of nitrogens with one attached hydrogen (secondary N) is 1. The summed E-state index contributed by atoms with van der Waals surface area (Å²) in [6, 6.07) is 1.45. The second-order valence-corrected chi connectivity index (χ2v) is 6.52. The second-order valence-electron chi connectivity index (χ2n) is 6.52. The fraction of sp³-hybridized carbons (Fsp3) is 1.00. The topological polar surface area (TPSA) is 24.5 Å². The van der Waals surface area contributed by atoms with Crippen molar-refractivity contribution in [3.8, 4) is 0 Å². The zero-order valence-electron chi connectivity index (χ0n) is 12.4. The van der Waals surface area contributed by atoms with Gasteiger partial charge in [-0.2, -0.15) is 0 Å². The maximum atomic E-state index is 5.71. The third-order valence-corrected chi connectivity index (χ3v) is 4.31. The van der Waals surface area contributed by atoms with Crippen LogP contribution in [0.1, 0.15) is 46.5 Å². The van der Waals surface area contributed by atoms with Gasteiger partial charge in [0.05, 0.1) is 6.61 Å². The molecule has 1 N–H and O–H groups in total. The molecule has 3 heteroatoms. The molecule has 1 atom stereocenters. The van der Waals surface area contributed by atoms with Gasteiger partial charge in [0, 0.05) is 37.2 Å². The number of rotatable bonds is 8. The van der Waals surface area contributed by atoms with Gasteiger partial charge < -0.3 is 15.0 Å². The van der Waals surface area contributed by atoms with E-state index in [1.165, 1.54) is 38.8 Å². The van der Waals surface area contributed by atoms with Gasteiger partial charge in [-0.1, -0.05) is 6.92 Å². The number of nitrogens with zero attached hydrogens (tertiary/aromatic N) is 1. The molecule has 2 rings (SSSR count). The summed E-state index contributed by atoms with van der Waals surface area (Å²) in [5.74, 6) is 0. The van der Waals surface area contributed by atoms with Crippen LogP contribution in [0.2, 0.25) is 0 Å². The highest BCUT2D eigenvalue weighted by atomic mass is 16.5. The summed E-state index contributed by atoms with van der Waals surface area (Å²) in [4.78, 5) is 2.63. The molecule has 0 spiro atoms. The van der Waals surface area contributed by atoms with E-state index in [0.29, 0.717) is 11.5 Å². The predicted octanol–water partition coefficient (Wildman–Crippen LogP) is 2.27. The minimum Gasteiger partial charge on any atom is -0.381 e. The monoisotopic (exact) mass is 254 g/mol. The Labute approximate surface area is 112 Å². The standard InChI is InChI=1S/C15H30N2O/c1-4-8-17(13(2)3)11-15(7-9-18-12-15)10-16-14-5-6-14/h13-14,16H,4-12H2,1-3H3. The van der Waals surface area contributed by atoms with Crippen LogP contribution >= 0.6 is 0 Å². The highest BCUT2D eigenvalue weighted by Crippen LogP contribution is 2.31. The Bertz CT molecular complexity index is 245. The molecule has 0 aromatic rings. The average molecular weight is 254 g/mol. The molecular formula is C15H30N2O. The molecule has 1 saturated carbocycles. The minimum atomic E-state index is 0.363. The Balaban J connectivity index is 1.89. The van der Waals surface area contributed by atoms with E-state index in [0.717, 1.165) is 25.8 Å².